The molecule has 0 radical (unpaired) electrons. The molecular formula is C26H18N4O9S2. The second-order valence-electron chi connectivity index (χ2n) is 8.63. The van der Waals surface area contributed by atoms with Crippen LogP contribution >= 0.6 is 0 Å². The first-order chi connectivity index (χ1) is 19.3. The Labute approximate surface area is 231 Å². The number of fused-ring (bicyclic) bond motifs is 2. The molecule has 0 aliphatic carbocycles. The predicted molar refractivity (Wildman–Crippen MR) is 147 cm³/mol. The summed E-state index contributed by atoms with van der Waals surface area (Å²) in [5.41, 5.74) is 0.0974. The lowest BCUT2D eigenvalue weighted by Crippen LogP contribution is -2.01. The highest BCUT2D eigenvalue weighted by Gasteiger charge is 2.25. The molecule has 15 heteroatoms. The molecule has 0 aromatic heterocycles. The Morgan fingerprint density at radius 3 is 1.78 bits per heavy atom. The summed E-state index contributed by atoms with van der Waals surface area (Å²) in [5, 5.41) is 48.0. The van der Waals surface area contributed by atoms with E-state index in [0.29, 0.717) is 17.1 Å². The van der Waals surface area contributed by atoms with Gasteiger partial charge in [-0.25, -0.2) is 0 Å². The lowest BCUT2D eigenvalue weighted by molar-refractivity contribution is 0.457. The molecule has 0 saturated carbocycles. The number of aromatic hydroxyl groups is 3. The first kappa shape index (κ1) is 27.6. The van der Waals surface area contributed by atoms with Gasteiger partial charge in [-0.3, -0.25) is 9.11 Å². The molecule has 0 atom stereocenters. The molecule has 0 heterocycles. The van der Waals surface area contributed by atoms with Crippen molar-refractivity contribution in [2.24, 2.45) is 20.5 Å². The van der Waals surface area contributed by atoms with Crippen molar-refractivity contribution in [2.75, 3.05) is 0 Å². The zero-order chi connectivity index (χ0) is 29.5. The van der Waals surface area contributed by atoms with E-state index in [1.54, 1.807) is 18.2 Å². The molecule has 0 fully saturated rings. The van der Waals surface area contributed by atoms with Crippen LogP contribution in [0.1, 0.15) is 0 Å². The lowest BCUT2D eigenvalue weighted by Gasteiger charge is -2.11. The van der Waals surface area contributed by atoms with Crippen LogP contribution < -0.4 is 0 Å². The molecule has 13 nitrogen and oxygen atoms in total. The van der Waals surface area contributed by atoms with Gasteiger partial charge in [-0.1, -0.05) is 30.3 Å². The highest BCUT2D eigenvalue weighted by molar-refractivity contribution is 7.86. The molecule has 5 N–H and O–H groups in total. The van der Waals surface area contributed by atoms with Gasteiger partial charge in [0.25, 0.3) is 20.2 Å². The van der Waals surface area contributed by atoms with Crippen molar-refractivity contribution >= 4 is 64.5 Å². The normalized spacial score (nSPS) is 12.6. The number of phenolic OH excluding ortho intramolecular Hbond substituents is 3. The van der Waals surface area contributed by atoms with E-state index in [4.69, 9.17) is 0 Å². The van der Waals surface area contributed by atoms with Crippen LogP contribution in [0.2, 0.25) is 0 Å². The SMILES string of the molecule is O=S(=O)(O)c1cc(O)c2c(O)c(N=Nc3ccc(N=Nc4c(O)ccc5ccccc45)cc3)c(S(=O)(=O)O)cc2c1. The molecule has 0 unspecified atom stereocenters. The average Bonchev–Trinajstić information content (AvgIpc) is 2.91. The standard InChI is InChI=1S/C26H18N4O9S2/c31-20-10-5-14-3-1-2-4-19(14)24(20)29-27-16-6-8-17(9-7-16)28-30-25-22(41(37,38)39)12-15-11-18(40(34,35)36)13-21(32)23(15)26(25)33/h1-13,31-33H,(H,34,35,36)(H,37,38,39). The Morgan fingerprint density at radius 1 is 0.561 bits per heavy atom. The van der Waals surface area contributed by atoms with E-state index in [1.165, 1.54) is 30.3 Å². The first-order valence-corrected chi connectivity index (χ1v) is 14.3. The fraction of sp³-hybridized carbons (Fsp3) is 0. The molecule has 5 rings (SSSR count). The zero-order valence-corrected chi connectivity index (χ0v) is 22.1. The molecule has 208 valence electrons. The summed E-state index contributed by atoms with van der Waals surface area (Å²) in [6.45, 7) is 0. The molecular weight excluding hydrogens is 576 g/mol. The maximum atomic E-state index is 12.0. The Hall–Kier alpha value is -4.96. The van der Waals surface area contributed by atoms with E-state index in [0.717, 1.165) is 17.5 Å². The van der Waals surface area contributed by atoms with Gasteiger partial charge >= 0.3 is 0 Å². The second-order valence-corrected chi connectivity index (χ2v) is 11.4. The minimum atomic E-state index is -5.03. The van der Waals surface area contributed by atoms with Gasteiger partial charge in [-0.2, -0.15) is 27.1 Å². The van der Waals surface area contributed by atoms with E-state index < -0.39 is 52.6 Å². The number of rotatable bonds is 6. The molecule has 0 amide bonds. The highest BCUT2D eigenvalue weighted by atomic mass is 32.2. The largest absolute Gasteiger partial charge is 0.507 e. The predicted octanol–water partition coefficient (Wildman–Crippen LogP) is 6.43. The molecule has 0 aliphatic heterocycles. The summed E-state index contributed by atoms with van der Waals surface area (Å²) in [6, 6.07) is 18.7. The number of hydrogen-bond acceptors (Lipinski definition) is 11. The summed E-state index contributed by atoms with van der Waals surface area (Å²) in [6.07, 6.45) is 0. The van der Waals surface area contributed by atoms with Crippen molar-refractivity contribution in [3.8, 4) is 17.2 Å². The maximum Gasteiger partial charge on any atom is 0.296 e. The van der Waals surface area contributed by atoms with Gasteiger partial charge in [0.1, 0.15) is 27.8 Å². The van der Waals surface area contributed by atoms with Gasteiger partial charge in [-0.05, 0) is 53.2 Å². The fourth-order valence-corrected chi connectivity index (χ4v) is 5.23. The summed E-state index contributed by atoms with van der Waals surface area (Å²) < 4.78 is 66.0. The number of hydrogen-bond donors (Lipinski definition) is 5. The minimum Gasteiger partial charge on any atom is -0.507 e. The molecule has 41 heavy (non-hydrogen) atoms. The van der Waals surface area contributed by atoms with Gasteiger partial charge in [-0.15, -0.1) is 10.2 Å². The van der Waals surface area contributed by atoms with E-state index in [1.807, 2.05) is 12.1 Å². The van der Waals surface area contributed by atoms with Crippen molar-refractivity contribution in [3.63, 3.8) is 0 Å². The summed E-state index contributed by atoms with van der Waals surface area (Å²) in [5.74, 6) is -1.78. The Morgan fingerprint density at radius 2 is 1.17 bits per heavy atom. The van der Waals surface area contributed by atoms with Crippen LogP contribution in [-0.4, -0.2) is 41.3 Å². The van der Waals surface area contributed by atoms with Crippen LogP contribution in [0.15, 0.2) is 109 Å². The van der Waals surface area contributed by atoms with E-state index in [2.05, 4.69) is 20.5 Å². The molecule has 0 spiro atoms. The number of phenols is 3. The monoisotopic (exact) mass is 594 g/mol. The third-order valence-electron chi connectivity index (χ3n) is 5.94. The van der Waals surface area contributed by atoms with Crippen molar-refractivity contribution in [1.29, 1.82) is 0 Å². The number of nitrogens with zero attached hydrogens (tertiary/aromatic N) is 4. The number of benzene rings is 5. The van der Waals surface area contributed by atoms with Crippen molar-refractivity contribution in [1.82, 2.24) is 0 Å². The smallest absolute Gasteiger partial charge is 0.296 e. The van der Waals surface area contributed by atoms with Gasteiger partial charge in [0.2, 0.25) is 0 Å². The fourth-order valence-electron chi connectivity index (χ4n) is 4.03. The van der Waals surface area contributed by atoms with Gasteiger partial charge in [0.15, 0.2) is 5.75 Å². The summed E-state index contributed by atoms with van der Waals surface area (Å²) in [7, 11) is -9.82. The molecule has 5 aromatic rings. The van der Waals surface area contributed by atoms with Crippen LogP contribution in [0, 0.1) is 0 Å². The summed E-state index contributed by atoms with van der Waals surface area (Å²) in [4.78, 5) is -1.70. The maximum absolute atomic E-state index is 12.0. The van der Waals surface area contributed by atoms with Crippen LogP contribution in [0.4, 0.5) is 22.7 Å². The van der Waals surface area contributed by atoms with Gasteiger partial charge in [0, 0.05) is 11.5 Å². The third-order valence-corrected chi connectivity index (χ3v) is 7.64. The van der Waals surface area contributed by atoms with E-state index in [-0.39, 0.29) is 22.5 Å². The van der Waals surface area contributed by atoms with Crippen LogP contribution in [-0.2, 0) is 20.2 Å². The Kier molecular flexibility index (Phi) is 6.88. The first-order valence-electron chi connectivity index (χ1n) is 11.4. The third kappa shape index (κ3) is 5.55. The molecule has 0 saturated heterocycles. The van der Waals surface area contributed by atoms with Crippen LogP contribution in [0.5, 0.6) is 17.2 Å². The van der Waals surface area contributed by atoms with Crippen molar-refractivity contribution in [3.05, 3.63) is 78.9 Å². The van der Waals surface area contributed by atoms with Crippen molar-refractivity contribution in [2.45, 2.75) is 9.79 Å². The highest BCUT2D eigenvalue weighted by Crippen LogP contribution is 2.45. The minimum absolute atomic E-state index is 0.0528. The van der Waals surface area contributed by atoms with E-state index >= 15 is 0 Å². The summed E-state index contributed by atoms with van der Waals surface area (Å²) >= 11 is 0. The lowest BCUT2D eigenvalue weighted by atomic mass is 10.1. The van der Waals surface area contributed by atoms with Crippen molar-refractivity contribution < 1.29 is 41.3 Å². The van der Waals surface area contributed by atoms with E-state index in [9.17, 15) is 41.3 Å². The van der Waals surface area contributed by atoms with Gasteiger partial charge < -0.3 is 15.3 Å². The molecule has 0 bridgehead atoms. The Bertz CT molecular complexity index is 2130. The molecule has 5 aromatic carbocycles. The van der Waals surface area contributed by atoms with Gasteiger partial charge in [0.05, 0.1) is 21.7 Å². The average molecular weight is 595 g/mol. The second kappa shape index (κ2) is 10.2. The Balaban J connectivity index is 1.50. The number of azo groups is 2. The quantitative estimate of drug-likeness (QED) is 0.108. The topological polar surface area (TPSA) is 219 Å². The van der Waals surface area contributed by atoms with Crippen LogP contribution in [0.3, 0.4) is 0 Å². The zero-order valence-electron chi connectivity index (χ0n) is 20.5. The molecule has 0 aliphatic rings. The van der Waals surface area contributed by atoms with Crippen LogP contribution in [0.25, 0.3) is 21.5 Å².